The third-order valence-electron chi connectivity index (χ3n) is 6.69. The molecule has 0 saturated carbocycles. The molecule has 1 fully saturated rings. The molecule has 6 heteroatoms. The van der Waals surface area contributed by atoms with Crippen molar-refractivity contribution < 1.29 is 9.53 Å². The van der Waals surface area contributed by atoms with Crippen molar-refractivity contribution in [1.82, 2.24) is 20.2 Å². The van der Waals surface area contributed by atoms with Crippen LogP contribution >= 0.6 is 0 Å². The Hall–Kier alpha value is -3.77. The van der Waals surface area contributed by atoms with E-state index >= 15 is 0 Å². The highest BCUT2D eigenvalue weighted by Gasteiger charge is 2.15. The molecule has 4 aromatic rings. The van der Waals surface area contributed by atoms with E-state index in [-0.39, 0.29) is 12.5 Å². The van der Waals surface area contributed by atoms with Crippen LogP contribution in [0.2, 0.25) is 0 Å². The van der Waals surface area contributed by atoms with Gasteiger partial charge in [0.15, 0.2) is 12.4 Å². The van der Waals surface area contributed by atoms with Crippen LogP contribution in [0, 0.1) is 0 Å². The van der Waals surface area contributed by atoms with Crippen LogP contribution in [-0.4, -0.2) is 40.5 Å². The minimum atomic E-state index is -0.140. The zero-order valence-corrected chi connectivity index (χ0v) is 20.5. The van der Waals surface area contributed by atoms with Crippen molar-refractivity contribution in [3.8, 4) is 17.1 Å². The lowest BCUT2D eigenvalue weighted by atomic mass is 10.0. The number of fused-ring (bicyclic) bond motifs is 1. The zero-order valence-electron chi connectivity index (χ0n) is 20.5. The molecule has 36 heavy (non-hydrogen) atoms. The third-order valence-corrected chi connectivity index (χ3v) is 6.69. The standard InChI is InChI=1S/C30H32N4O2/c35-29(33-20-25-11-7-10-23-9-3-4-12-27(23)25)22-36-28-14-13-24(30-31-15-8-16-32-30)19-26(28)21-34-17-5-1-2-6-18-34/h3-4,7-16,19H,1-2,5-6,17-18,20-22H2,(H,33,35). The summed E-state index contributed by atoms with van der Waals surface area (Å²) in [7, 11) is 0. The van der Waals surface area contributed by atoms with Crippen LogP contribution < -0.4 is 10.1 Å². The molecule has 3 aromatic carbocycles. The normalized spacial score (nSPS) is 14.3. The largest absolute Gasteiger partial charge is 0.483 e. The Morgan fingerprint density at radius 2 is 1.64 bits per heavy atom. The number of hydrogen-bond donors (Lipinski definition) is 1. The monoisotopic (exact) mass is 480 g/mol. The minimum Gasteiger partial charge on any atom is -0.483 e. The van der Waals surface area contributed by atoms with E-state index in [0.717, 1.165) is 47.5 Å². The fourth-order valence-electron chi connectivity index (χ4n) is 4.80. The quantitative estimate of drug-likeness (QED) is 0.367. The van der Waals surface area contributed by atoms with E-state index in [4.69, 9.17) is 4.74 Å². The summed E-state index contributed by atoms with van der Waals surface area (Å²) in [6, 6.07) is 22.2. The molecule has 5 rings (SSSR count). The van der Waals surface area contributed by atoms with E-state index < -0.39 is 0 Å². The van der Waals surface area contributed by atoms with Gasteiger partial charge in [-0.3, -0.25) is 9.69 Å². The lowest BCUT2D eigenvalue weighted by Crippen LogP contribution is -2.29. The molecular weight excluding hydrogens is 448 g/mol. The number of rotatable bonds is 8. The summed E-state index contributed by atoms with van der Waals surface area (Å²) < 4.78 is 6.06. The number of benzene rings is 3. The van der Waals surface area contributed by atoms with Gasteiger partial charge in [0.05, 0.1) is 0 Å². The van der Waals surface area contributed by atoms with Crippen LogP contribution in [0.4, 0.5) is 0 Å². The lowest BCUT2D eigenvalue weighted by Gasteiger charge is -2.22. The Kier molecular flexibility index (Phi) is 7.83. The zero-order chi connectivity index (χ0) is 24.6. The molecule has 0 radical (unpaired) electrons. The number of nitrogens with one attached hydrogen (secondary N) is 1. The van der Waals surface area contributed by atoms with E-state index in [1.54, 1.807) is 12.4 Å². The molecule has 6 nitrogen and oxygen atoms in total. The Bertz CT molecular complexity index is 1300. The number of carbonyl (C=O) groups is 1. The Morgan fingerprint density at radius 3 is 2.47 bits per heavy atom. The molecule has 1 aliphatic rings. The molecule has 1 N–H and O–H groups in total. The molecule has 184 valence electrons. The maximum Gasteiger partial charge on any atom is 0.258 e. The van der Waals surface area contributed by atoms with E-state index in [9.17, 15) is 4.79 Å². The van der Waals surface area contributed by atoms with Gasteiger partial charge in [-0.05, 0) is 66.5 Å². The average molecular weight is 481 g/mol. The van der Waals surface area contributed by atoms with Crippen LogP contribution in [-0.2, 0) is 17.9 Å². The number of amides is 1. The van der Waals surface area contributed by atoms with Gasteiger partial charge < -0.3 is 10.1 Å². The highest BCUT2D eigenvalue weighted by Crippen LogP contribution is 2.27. The first-order valence-electron chi connectivity index (χ1n) is 12.7. The second-order valence-corrected chi connectivity index (χ2v) is 9.29. The molecule has 1 saturated heterocycles. The van der Waals surface area contributed by atoms with Crippen molar-refractivity contribution in [2.75, 3.05) is 19.7 Å². The minimum absolute atomic E-state index is 0.0288. The summed E-state index contributed by atoms with van der Waals surface area (Å²) in [4.78, 5) is 24.0. The van der Waals surface area contributed by atoms with Crippen molar-refractivity contribution in [3.05, 3.63) is 90.3 Å². The number of carbonyl (C=O) groups excluding carboxylic acids is 1. The van der Waals surface area contributed by atoms with Gasteiger partial charge in [-0.2, -0.15) is 0 Å². The first-order valence-corrected chi connectivity index (χ1v) is 12.7. The summed E-state index contributed by atoms with van der Waals surface area (Å²) in [5.74, 6) is 1.28. The van der Waals surface area contributed by atoms with Gasteiger partial charge in [0, 0.05) is 36.6 Å². The van der Waals surface area contributed by atoms with Gasteiger partial charge in [-0.25, -0.2) is 9.97 Å². The molecule has 0 aliphatic carbocycles. The van der Waals surface area contributed by atoms with Crippen LogP contribution in [0.1, 0.15) is 36.8 Å². The highest BCUT2D eigenvalue weighted by molar-refractivity contribution is 5.86. The lowest BCUT2D eigenvalue weighted by molar-refractivity contribution is -0.123. The summed E-state index contributed by atoms with van der Waals surface area (Å²) >= 11 is 0. The van der Waals surface area contributed by atoms with Gasteiger partial charge in [-0.15, -0.1) is 0 Å². The molecule has 2 heterocycles. The predicted molar refractivity (Wildman–Crippen MR) is 143 cm³/mol. The van der Waals surface area contributed by atoms with Gasteiger partial charge >= 0.3 is 0 Å². The third kappa shape index (κ3) is 6.07. The average Bonchev–Trinajstić information content (AvgIpc) is 3.20. The van der Waals surface area contributed by atoms with Gasteiger partial charge in [0.2, 0.25) is 0 Å². The Labute approximate surface area is 212 Å². The van der Waals surface area contributed by atoms with Crippen LogP contribution in [0.25, 0.3) is 22.2 Å². The molecule has 0 unspecified atom stereocenters. The van der Waals surface area contributed by atoms with Crippen LogP contribution in [0.5, 0.6) is 5.75 Å². The maximum absolute atomic E-state index is 12.7. The van der Waals surface area contributed by atoms with Crippen LogP contribution in [0.3, 0.4) is 0 Å². The molecule has 1 aliphatic heterocycles. The first-order chi connectivity index (χ1) is 17.8. The summed E-state index contributed by atoms with van der Waals surface area (Å²) in [6.07, 6.45) is 8.51. The topological polar surface area (TPSA) is 67.3 Å². The number of aromatic nitrogens is 2. The maximum atomic E-state index is 12.7. The predicted octanol–water partition coefficient (Wildman–Crippen LogP) is 5.37. The fourth-order valence-corrected chi connectivity index (χ4v) is 4.80. The molecule has 0 atom stereocenters. The van der Waals surface area contributed by atoms with E-state index in [2.05, 4.69) is 44.5 Å². The fraction of sp³-hybridized carbons (Fsp3) is 0.300. The van der Waals surface area contributed by atoms with Crippen molar-refractivity contribution in [2.24, 2.45) is 0 Å². The second-order valence-electron chi connectivity index (χ2n) is 9.29. The van der Waals surface area contributed by atoms with Crippen LogP contribution in [0.15, 0.2) is 79.1 Å². The summed E-state index contributed by atoms with van der Waals surface area (Å²) in [5.41, 5.74) is 3.10. The Morgan fingerprint density at radius 1 is 0.861 bits per heavy atom. The molecule has 0 bridgehead atoms. The smallest absolute Gasteiger partial charge is 0.258 e. The Balaban J connectivity index is 1.27. The molecular formula is C30H32N4O2. The molecule has 1 amide bonds. The molecule has 1 aromatic heterocycles. The van der Waals surface area contributed by atoms with Gasteiger partial charge in [-0.1, -0.05) is 55.3 Å². The van der Waals surface area contributed by atoms with Crippen molar-refractivity contribution in [2.45, 2.75) is 38.8 Å². The number of nitrogens with zero attached hydrogens (tertiary/aromatic N) is 3. The van der Waals surface area contributed by atoms with Crippen molar-refractivity contribution in [1.29, 1.82) is 0 Å². The summed E-state index contributed by atoms with van der Waals surface area (Å²) in [6.45, 7) is 3.38. The van der Waals surface area contributed by atoms with E-state index in [1.165, 1.54) is 31.1 Å². The number of likely N-dealkylation sites (tertiary alicyclic amines) is 1. The van der Waals surface area contributed by atoms with Gasteiger partial charge in [0.25, 0.3) is 5.91 Å². The SMILES string of the molecule is O=C(COc1ccc(-c2ncccn2)cc1CN1CCCCCC1)NCc1cccc2ccccc12. The molecule has 0 spiro atoms. The summed E-state index contributed by atoms with van der Waals surface area (Å²) in [5, 5.41) is 5.33. The van der Waals surface area contributed by atoms with E-state index in [1.807, 2.05) is 42.5 Å². The van der Waals surface area contributed by atoms with Crippen molar-refractivity contribution in [3.63, 3.8) is 0 Å². The first kappa shape index (κ1) is 23.9. The highest BCUT2D eigenvalue weighted by atomic mass is 16.5. The van der Waals surface area contributed by atoms with Gasteiger partial charge in [0.1, 0.15) is 5.75 Å². The second kappa shape index (κ2) is 11.8. The number of ether oxygens (including phenoxy) is 1. The van der Waals surface area contributed by atoms with E-state index in [0.29, 0.717) is 12.4 Å². The van der Waals surface area contributed by atoms with Crippen molar-refractivity contribution >= 4 is 16.7 Å². The number of hydrogen-bond acceptors (Lipinski definition) is 5.